The summed E-state index contributed by atoms with van der Waals surface area (Å²) in [5.74, 6) is -2.05. The fourth-order valence-corrected chi connectivity index (χ4v) is 1.55. The molecule has 0 amide bonds. The van der Waals surface area contributed by atoms with Gasteiger partial charge in [-0.25, -0.2) is 9.78 Å². The van der Waals surface area contributed by atoms with Crippen molar-refractivity contribution in [1.29, 1.82) is 0 Å². The van der Waals surface area contributed by atoms with Crippen molar-refractivity contribution >= 4 is 17.6 Å². The third-order valence-electron chi connectivity index (χ3n) is 2.31. The van der Waals surface area contributed by atoms with Gasteiger partial charge in [0.25, 0.3) is 5.88 Å². The molecule has 0 aliphatic carbocycles. The maximum atomic E-state index is 13.6. The number of carbonyl (C=O) groups is 1. The van der Waals surface area contributed by atoms with Crippen molar-refractivity contribution in [3.8, 4) is 11.6 Å². The molecule has 0 spiro atoms. The first-order valence-electron chi connectivity index (χ1n) is 5.17. The average Bonchev–Trinajstić information content (AvgIpc) is 2.37. The van der Waals surface area contributed by atoms with E-state index in [0.29, 0.717) is 0 Å². The van der Waals surface area contributed by atoms with Crippen LogP contribution in [0.15, 0.2) is 24.5 Å². The summed E-state index contributed by atoms with van der Waals surface area (Å²) in [6, 6.07) is 3.97. The number of benzene rings is 1. The number of ether oxygens (including phenoxy) is 1. The molecule has 1 N–H and O–H groups in total. The molecule has 0 fully saturated rings. The van der Waals surface area contributed by atoms with Crippen LogP contribution >= 0.6 is 11.6 Å². The monoisotopic (exact) mass is 282 g/mol. The van der Waals surface area contributed by atoms with Crippen molar-refractivity contribution in [3.05, 3.63) is 46.6 Å². The maximum Gasteiger partial charge on any atom is 0.337 e. The second-order valence-corrected chi connectivity index (χ2v) is 4.03. The van der Waals surface area contributed by atoms with Crippen molar-refractivity contribution in [2.24, 2.45) is 0 Å². The van der Waals surface area contributed by atoms with Crippen LogP contribution in [-0.4, -0.2) is 21.0 Å². The van der Waals surface area contributed by atoms with Crippen molar-refractivity contribution in [1.82, 2.24) is 9.97 Å². The number of hydrogen-bond donors (Lipinski definition) is 1. The van der Waals surface area contributed by atoms with Crippen LogP contribution in [0, 0.1) is 12.7 Å². The van der Waals surface area contributed by atoms with E-state index in [1.165, 1.54) is 25.1 Å². The highest BCUT2D eigenvalue weighted by Crippen LogP contribution is 2.27. The Kier molecular flexibility index (Phi) is 3.62. The second-order valence-electron chi connectivity index (χ2n) is 3.63. The van der Waals surface area contributed by atoms with E-state index in [1.807, 2.05) is 0 Å². The molecule has 1 aromatic carbocycles. The Morgan fingerprint density at radius 2 is 2.16 bits per heavy atom. The van der Waals surface area contributed by atoms with Crippen LogP contribution in [0.4, 0.5) is 4.39 Å². The zero-order valence-electron chi connectivity index (χ0n) is 9.72. The maximum absolute atomic E-state index is 13.6. The van der Waals surface area contributed by atoms with Crippen LogP contribution in [0.1, 0.15) is 16.1 Å². The van der Waals surface area contributed by atoms with Gasteiger partial charge >= 0.3 is 5.97 Å². The first-order valence-corrected chi connectivity index (χ1v) is 5.54. The minimum Gasteiger partial charge on any atom is -0.478 e. The summed E-state index contributed by atoms with van der Waals surface area (Å²) in [5.41, 5.74) is 0.00257. The number of hydrogen-bond acceptors (Lipinski definition) is 4. The lowest BCUT2D eigenvalue weighted by molar-refractivity contribution is 0.0696. The lowest BCUT2D eigenvalue weighted by atomic mass is 10.2. The number of halogens is 2. The minimum absolute atomic E-state index is 0.0687. The summed E-state index contributed by atoms with van der Waals surface area (Å²) in [6.07, 6.45) is 1.15. The molecule has 19 heavy (non-hydrogen) atoms. The Morgan fingerprint density at radius 3 is 2.84 bits per heavy atom. The Labute approximate surface area is 112 Å². The molecule has 2 aromatic rings. The number of nitrogens with zero attached hydrogens (tertiary/aromatic N) is 2. The van der Waals surface area contributed by atoms with Gasteiger partial charge in [-0.3, -0.25) is 0 Å². The molecule has 1 aromatic heterocycles. The van der Waals surface area contributed by atoms with Crippen LogP contribution in [0.25, 0.3) is 0 Å². The molecule has 0 atom stereocenters. The van der Waals surface area contributed by atoms with E-state index in [4.69, 9.17) is 21.4 Å². The molecule has 1 heterocycles. The fourth-order valence-electron chi connectivity index (χ4n) is 1.35. The van der Waals surface area contributed by atoms with Crippen LogP contribution in [0.2, 0.25) is 5.02 Å². The number of aromatic carboxylic acids is 1. The topological polar surface area (TPSA) is 72.3 Å². The smallest absolute Gasteiger partial charge is 0.337 e. The van der Waals surface area contributed by atoms with Gasteiger partial charge in [0.2, 0.25) is 5.82 Å². The van der Waals surface area contributed by atoms with Gasteiger partial charge in [-0.15, -0.1) is 0 Å². The predicted octanol–water partition coefficient (Wildman–Crippen LogP) is 3.07. The van der Waals surface area contributed by atoms with E-state index in [-0.39, 0.29) is 27.9 Å². The zero-order valence-corrected chi connectivity index (χ0v) is 10.5. The highest BCUT2D eigenvalue weighted by Gasteiger charge is 2.13. The number of aryl methyl sites for hydroxylation is 1. The molecule has 5 nitrogen and oxygen atoms in total. The molecule has 0 saturated carbocycles. The van der Waals surface area contributed by atoms with E-state index < -0.39 is 11.8 Å². The van der Waals surface area contributed by atoms with Crippen LogP contribution in [-0.2, 0) is 0 Å². The molecular formula is C12H8ClFN2O3. The van der Waals surface area contributed by atoms with E-state index in [1.54, 1.807) is 0 Å². The molecule has 0 bridgehead atoms. The molecule has 0 unspecified atom stereocenters. The van der Waals surface area contributed by atoms with Gasteiger partial charge in [-0.1, -0.05) is 11.6 Å². The van der Waals surface area contributed by atoms with Crippen LogP contribution < -0.4 is 4.74 Å². The highest BCUT2D eigenvalue weighted by atomic mass is 35.5. The van der Waals surface area contributed by atoms with Gasteiger partial charge in [-0.05, 0) is 25.1 Å². The minimum atomic E-state index is -1.20. The van der Waals surface area contributed by atoms with Crippen molar-refractivity contribution in [3.63, 3.8) is 0 Å². The normalized spacial score (nSPS) is 10.3. The van der Waals surface area contributed by atoms with E-state index in [0.717, 1.165) is 6.33 Å². The summed E-state index contributed by atoms with van der Waals surface area (Å²) >= 11 is 5.71. The van der Waals surface area contributed by atoms with Crippen molar-refractivity contribution in [2.45, 2.75) is 6.92 Å². The second kappa shape index (κ2) is 5.19. The fraction of sp³-hybridized carbons (Fsp3) is 0.0833. The number of carboxylic acids is 1. The average molecular weight is 283 g/mol. The molecule has 7 heteroatoms. The Hall–Kier alpha value is -2.21. The summed E-state index contributed by atoms with van der Waals surface area (Å²) in [4.78, 5) is 18.2. The first kappa shape index (κ1) is 13.2. The summed E-state index contributed by atoms with van der Waals surface area (Å²) in [5, 5.41) is 8.98. The Morgan fingerprint density at radius 1 is 1.42 bits per heavy atom. The largest absolute Gasteiger partial charge is 0.478 e. The molecule has 0 radical (unpaired) electrons. The molecule has 0 saturated heterocycles. The van der Waals surface area contributed by atoms with Gasteiger partial charge in [0.1, 0.15) is 12.1 Å². The Bertz CT molecular complexity index is 649. The molecule has 0 aliphatic heterocycles. The molecule has 0 aliphatic rings. The predicted molar refractivity (Wildman–Crippen MR) is 65.2 cm³/mol. The quantitative estimate of drug-likeness (QED) is 0.936. The standard InChI is InChI=1S/C12H8ClFN2O3/c1-6-10(14)11(16-5-15-6)19-7-2-3-9(13)8(4-7)12(17)18/h2-5H,1H3,(H,17,18). The van der Waals surface area contributed by atoms with Gasteiger partial charge in [0.05, 0.1) is 16.3 Å². The zero-order chi connectivity index (χ0) is 14.0. The van der Waals surface area contributed by atoms with Crippen molar-refractivity contribution < 1.29 is 19.0 Å². The van der Waals surface area contributed by atoms with Crippen LogP contribution in [0.5, 0.6) is 11.6 Å². The van der Waals surface area contributed by atoms with Crippen LogP contribution in [0.3, 0.4) is 0 Å². The number of aromatic nitrogens is 2. The third-order valence-corrected chi connectivity index (χ3v) is 2.64. The number of rotatable bonds is 3. The van der Waals surface area contributed by atoms with E-state index in [2.05, 4.69) is 9.97 Å². The Balaban J connectivity index is 2.36. The number of carboxylic acid groups (broad SMARTS) is 1. The van der Waals surface area contributed by atoms with Gasteiger partial charge in [0.15, 0.2) is 0 Å². The SMILES string of the molecule is Cc1ncnc(Oc2ccc(Cl)c(C(=O)O)c2)c1F. The third kappa shape index (κ3) is 2.79. The molecule has 98 valence electrons. The van der Waals surface area contributed by atoms with Gasteiger partial charge < -0.3 is 9.84 Å². The summed E-state index contributed by atoms with van der Waals surface area (Å²) in [7, 11) is 0. The lowest BCUT2D eigenvalue weighted by Gasteiger charge is -2.07. The lowest BCUT2D eigenvalue weighted by Crippen LogP contribution is -2.00. The van der Waals surface area contributed by atoms with E-state index >= 15 is 0 Å². The summed E-state index contributed by atoms with van der Waals surface area (Å²) < 4.78 is 18.8. The molecule has 2 rings (SSSR count). The molecular weight excluding hydrogens is 275 g/mol. The van der Waals surface area contributed by atoms with Gasteiger partial charge in [-0.2, -0.15) is 9.37 Å². The highest BCUT2D eigenvalue weighted by molar-refractivity contribution is 6.33. The first-order chi connectivity index (χ1) is 8.99. The van der Waals surface area contributed by atoms with Gasteiger partial charge in [0, 0.05) is 0 Å². The van der Waals surface area contributed by atoms with E-state index in [9.17, 15) is 9.18 Å². The van der Waals surface area contributed by atoms with Crippen molar-refractivity contribution in [2.75, 3.05) is 0 Å². The summed E-state index contributed by atoms with van der Waals surface area (Å²) in [6.45, 7) is 1.47.